The van der Waals surface area contributed by atoms with Crippen LogP contribution >= 0.6 is 11.6 Å². The van der Waals surface area contributed by atoms with Gasteiger partial charge in [-0.15, -0.1) is 0 Å². The Bertz CT molecular complexity index is 386. The summed E-state index contributed by atoms with van der Waals surface area (Å²) in [5, 5.41) is 13.6. The number of halogens is 2. The molecule has 0 bridgehead atoms. The molecule has 19 heavy (non-hydrogen) atoms. The van der Waals surface area contributed by atoms with Crippen molar-refractivity contribution in [3.63, 3.8) is 0 Å². The molecule has 4 nitrogen and oxygen atoms in total. The number of likely N-dealkylation sites (N-methyl/N-ethyl adjacent to an activating group) is 1. The first-order chi connectivity index (χ1) is 8.97. The largest absolute Gasteiger partial charge is 0.365 e. The van der Waals surface area contributed by atoms with Gasteiger partial charge in [0.2, 0.25) is 0 Å². The van der Waals surface area contributed by atoms with Crippen molar-refractivity contribution in [2.45, 2.75) is 31.3 Å². The topological polar surface area (TPSA) is 38.7 Å². The van der Waals surface area contributed by atoms with Crippen LogP contribution in [0, 0.1) is 0 Å². The zero-order valence-electron chi connectivity index (χ0n) is 11.3. The fourth-order valence-corrected chi connectivity index (χ4v) is 2.74. The lowest BCUT2D eigenvalue weighted by molar-refractivity contribution is -0.0156. The molecule has 1 fully saturated rings. The van der Waals surface area contributed by atoms with E-state index in [2.05, 4.69) is 10.2 Å². The van der Waals surface area contributed by atoms with Gasteiger partial charge in [-0.3, -0.25) is 10.2 Å². The molecule has 0 aromatic carbocycles. The first kappa shape index (κ1) is 14.9. The van der Waals surface area contributed by atoms with E-state index < -0.39 is 6.35 Å². The lowest BCUT2D eigenvalue weighted by Gasteiger charge is -2.29. The van der Waals surface area contributed by atoms with Gasteiger partial charge in [0.15, 0.2) is 6.35 Å². The maximum atomic E-state index is 13.0. The minimum absolute atomic E-state index is 0.213. The van der Waals surface area contributed by atoms with Crippen LogP contribution in [0.3, 0.4) is 0 Å². The maximum Gasteiger partial charge on any atom is 0.163 e. The number of hydrogen-bond acceptors (Lipinski definition) is 4. The van der Waals surface area contributed by atoms with Crippen molar-refractivity contribution in [3.8, 4) is 0 Å². The molecule has 0 radical (unpaired) electrons. The van der Waals surface area contributed by atoms with E-state index in [-0.39, 0.29) is 11.9 Å². The molecule has 0 amide bonds. The third-order valence-electron chi connectivity index (χ3n) is 3.78. The average molecular weight is 290 g/mol. The second kappa shape index (κ2) is 6.33. The summed E-state index contributed by atoms with van der Waals surface area (Å²) in [5.74, 6) is -0.314. The van der Waals surface area contributed by atoms with Crippen LogP contribution in [0.2, 0.25) is 0 Å². The Morgan fingerprint density at radius 1 is 1.58 bits per heavy atom. The summed E-state index contributed by atoms with van der Waals surface area (Å²) >= 11 is 5.99. The van der Waals surface area contributed by atoms with Gasteiger partial charge in [-0.1, -0.05) is 11.6 Å². The highest BCUT2D eigenvalue weighted by Gasteiger charge is 2.30. The first-order valence-electron chi connectivity index (χ1n) is 6.54. The molecule has 1 heterocycles. The van der Waals surface area contributed by atoms with Crippen LogP contribution in [0.25, 0.3) is 0 Å². The summed E-state index contributed by atoms with van der Waals surface area (Å²) in [4.78, 5) is 4.14. The molecular formula is C13H21ClFN3O. The van der Waals surface area contributed by atoms with Crippen LogP contribution in [0.5, 0.6) is 0 Å². The highest BCUT2D eigenvalue weighted by atomic mass is 35.5. The Labute approximate surface area is 118 Å². The standard InChI is InChI=1S/C13H21ClFN3O/c1-17(2)10-5-6-18(8-10)13(19)16-12-4-3-9(15)7-11(12)14/h3,7,10,12-13,16,19H,4-6,8H2,1-2H3/t10-,12?,13?/m1/s1. The van der Waals surface area contributed by atoms with Crippen LogP contribution in [-0.2, 0) is 0 Å². The van der Waals surface area contributed by atoms with Gasteiger partial charge in [0, 0.05) is 30.2 Å². The minimum Gasteiger partial charge on any atom is -0.365 e. The Morgan fingerprint density at radius 3 is 2.89 bits per heavy atom. The summed E-state index contributed by atoms with van der Waals surface area (Å²) in [5.41, 5.74) is 0. The van der Waals surface area contributed by atoms with Gasteiger partial charge in [0.05, 0.1) is 0 Å². The first-order valence-corrected chi connectivity index (χ1v) is 6.92. The van der Waals surface area contributed by atoms with E-state index in [0.717, 1.165) is 19.5 Å². The zero-order valence-corrected chi connectivity index (χ0v) is 12.1. The van der Waals surface area contributed by atoms with Gasteiger partial charge in [-0.2, -0.15) is 0 Å². The molecule has 0 aromatic heterocycles. The lowest BCUT2D eigenvalue weighted by atomic mass is 10.1. The molecule has 0 spiro atoms. The normalized spacial score (nSPS) is 30.4. The van der Waals surface area contributed by atoms with Crippen molar-refractivity contribution in [1.82, 2.24) is 15.1 Å². The van der Waals surface area contributed by atoms with Gasteiger partial charge in [-0.25, -0.2) is 4.39 Å². The molecular weight excluding hydrogens is 269 g/mol. The van der Waals surface area contributed by atoms with Crippen molar-refractivity contribution in [2.75, 3.05) is 27.2 Å². The van der Waals surface area contributed by atoms with Crippen LogP contribution in [0.1, 0.15) is 12.8 Å². The van der Waals surface area contributed by atoms with E-state index in [1.165, 1.54) is 12.2 Å². The molecule has 3 atom stereocenters. The lowest BCUT2D eigenvalue weighted by Crippen LogP contribution is -2.50. The smallest absolute Gasteiger partial charge is 0.163 e. The van der Waals surface area contributed by atoms with Crippen LogP contribution < -0.4 is 5.32 Å². The van der Waals surface area contributed by atoms with E-state index in [4.69, 9.17) is 11.6 Å². The van der Waals surface area contributed by atoms with Crippen molar-refractivity contribution in [2.24, 2.45) is 0 Å². The van der Waals surface area contributed by atoms with Crippen molar-refractivity contribution >= 4 is 11.6 Å². The molecule has 2 unspecified atom stereocenters. The summed E-state index contributed by atoms with van der Waals surface area (Å²) in [7, 11) is 4.09. The molecule has 2 N–H and O–H groups in total. The number of aliphatic hydroxyl groups excluding tert-OH is 1. The number of aliphatic hydroxyl groups is 1. The van der Waals surface area contributed by atoms with Crippen molar-refractivity contribution < 1.29 is 9.50 Å². The Hall–Kier alpha value is -0.460. The molecule has 2 rings (SSSR count). The molecule has 108 valence electrons. The monoisotopic (exact) mass is 289 g/mol. The van der Waals surface area contributed by atoms with E-state index in [1.54, 1.807) is 0 Å². The quantitative estimate of drug-likeness (QED) is 0.764. The summed E-state index contributed by atoms with van der Waals surface area (Å²) in [6.45, 7) is 1.66. The Morgan fingerprint density at radius 2 is 2.32 bits per heavy atom. The third kappa shape index (κ3) is 3.77. The molecule has 2 aliphatic rings. The van der Waals surface area contributed by atoms with Crippen LogP contribution in [-0.4, -0.2) is 60.5 Å². The molecule has 0 aromatic rings. The molecule has 1 aliphatic heterocycles. The number of allylic oxidation sites excluding steroid dienone is 2. The number of nitrogens with one attached hydrogen (secondary N) is 1. The summed E-state index contributed by atoms with van der Waals surface area (Å²) in [6.07, 6.45) is 3.52. The van der Waals surface area contributed by atoms with Crippen LogP contribution in [0.4, 0.5) is 4.39 Å². The highest BCUT2D eigenvalue weighted by Crippen LogP contribution is 2.23. The van der Waals surface area contributed by atoms with Crippen LogP contribution in [0.15, 0.2) is 23.0 Å². The van der Waals surface area contributed by atoms with Gasteiger partial charge in [0.1, 0.15) is 5.83 Å². The van der Waals surface area contributed by atoms with E-state index >= 15 is 0 Å². The fourth-order valence-electron chi connectivity index (χ4n) is 2.48. The van der Waals surface area contributed by atoms with Gasteiger partial charge >= 0.3 is 0 Å². The van der Waals surface area contributed by atoms with Crippen molar-refractivity contribution in [3.05, 3.63) is 23.0 Å². The van der Waals surface area contributed by atoms with Gasteiger partial charge in [-0.05, 0) is 39.1 Å². The SMILES string of the molecule is CN(C)[C@@H]1CCN(C(O)NC2CC=C(F)C=C2Cl)C1. The molecule has 0 saturated carbocycles. The second-order valence-corrected chi connectivity index (χ2v) is 5.78. The average Bonchev–Trinajstić information content (AvgIpc) is 2.82. The molecule has 1 aliphatic carbocycles. The second-order valence-electron chi connectivity index (χ2n) is 5.35. The Kier molecular flexibility index (Phi) is 4.97. The third-order valence-corrected chi connectivity index (χ3v) is 4.15. The van der Waals surface area contributed by atoms with E-state index in [0.29, 0.717) is 17.5 Å². The van der Waals surface area contributed by atoms with Gasteiger partial charge < -0.3 is 10.0 Å². The number of rotatable bonds is 4. The summed E-state index contributed by atoms with van der Waals surface area (Å²) in [6, 6.07) is 0.251. The fraction of sp³-hybridized carbons (Fsp3) is 0.692. The number of likely N-dealkylation sites (tertiary alicyclic amines) is 1. The minimum atomic E-state index is -0.744. The van der Waals surface area contributed by atoms with E-state index in [9.17, 15) is 9.50 Å². The molecule has 1 saturated heterocycles. The predicted molar refractivity (Wildman–Crippen MR) is 74.3 cm³/mol. The Balaban J connectivity index is 1.86. The highest BCUT2D eigenvalue weighted by molar-refractivity contribution is 6.30. The van der Waals surface area contributed by atoms with Gasteiger partial charge in [0.25, 0.3) is 0 Å². The summed E-state index contributed by atoms with van der Waals surface area (Å²) < 4.78 is 13.0. The van der Waals surface area contributed by atoms with Crippen molar-refractivity contribution in [1.29, 1.82) is 0 Å². The number of hydrogen-bond donors (Lipinski definition) is 2. The number of nitrogens with zero attached hydrogens (tertiary/aromatic N) is 2. The maximum absolute atomic E-state index is 13.0. The molecule has 6 heteroatoms. The zero-order chi connectivity index (χ0) is 14.0. The predicted octanol–water partition coefficient (Wildman–Crippen LogP) is 1.24. The van der Waals surface area contributed by atoms with E-state index in [1.807, 2.05) is 19.0 Å².